The summed E-state index contributed by atoms with van der Waals surface area (Å²) in [6.45, 7) is 4.36. The minimum Gasteiger partial charge on any atom is -0.374 e. The van der Waals surface area contributed by atoms with E-state index in [0.717, 1.165) is 5.56 Å². The molecule has 2 aromatic carbocycles. The average Bonchev–Trinajstić information content (AvgIpc) is 3.27. The highest BCUT2D eigenvalue weighted by Gasteiger charge is 2.34. The summed E-state index contributed by atoms with van der Waals surface area (Å²) in [6, 6.07) is 17.5. The summed E-state index contributed by atoms with van der Waals surface area (Å²) in [5.41, 5.74) is 6.32. The second kappa shape index (κ2) is 11.1. The molecule has 0 aromatic heterocycles. The molecule has 1 aliphatic heterocycles. The molecular formula is C25H32N4O4. The summed E-state index contributed by atoms with van der Waals surface area (Å²) < 4.78 is 5.75. The number of likely N-dealkylation sites (tertiary alicyclic amines) is 1. The molecule has 1 fully saturated rings. The molecule has 8 nitrogen and oxygen atoms in total. The maximum absolute atomic E-state index is 13.2. The normalized spacial score (nSPS) is 16.8. The van der Waals surface area contributed by atoms with Gasteiger partial charge in [-0.3, -0.25) is 14.4 Å². The lowest BCUT2D eigenvalue weighted by atomic mass is 10.1. The Bertz CT molecular complexity index is 944. The summed E-state index contributed by atoms with van der Waals surface area (Å²) >= 11 is 0. The Labute approximate surface area is 194 Å². The number of carbonyl (C=O) groups is 3. The van der Waals surface area contributed by atoms with Gasteiger partial charge in [-0.2, -0.15) is 0 Å². The first-order chi connectivity index (χ1) is 15.7. The van der Waals surface area contributed by atoms with E-state index in [-0.39, 0.29) is 24.5 Å². The molecule has 3 rings (SSSR count). The van der Waals surface area contributed by atoms with E-state index in [0.29, 0.717) is 31.7 Å². The lowest BCUT2D eigenvalue weighted by Crippen LogP contribution is -2.57. The molecule has 1 heterocycles. The van der Waals surface area contributed by atoms with Crippen molar-refractivity contribution in [2.45, 2.75) is 44.5 Å². The van der Waals surface area contributed by atoms with Gasteiger partial charge in [0.25, 0.3) is 5.91 Å². The Morgan fingerprint density at radius 1 is 1.09 bits per heavy atom. The van der Waals surface area contributed by atoms with Crippen LogP contribution in [0.5, 0.6) is 0 Å². The standard InChI is InChI=1S/C25H32N4O4/c1-25(2,26)24(32)28-21(17-33-16-18-9-5-3-6-10-18)23(31)29-14-13-20(15-29)27-22(30)19-11-7-4-8-12-19/h3-12,20-21H,13-17,26H2,1-2H3,(H,27,30)(H,28,32)/t20?,21-/m1/s1. The largest absolute Gasteiger partial charge is 0.374 e. The van der Waals surface area contributed by atoms with Crippen molar-refractivity contribution < 1.29 is 19.1 Å². The van der Waals surface area contributed by atoms with Crippen molar-refractivity contribution in [3.63, 3.8) is 0 Å². The van der Waals surface area contributed by atoms with Gasteiger partial charge in [-0.1, -0.05) is 48.5 Å². The number of hydrogen-bond donors (Lipinski definition) is 3. The summed E-state index contributed by atoms with van der Waals surface area (Å²) in [5, 5.41) is 5.71. The zero-order valence-corrected chi connectivity index (χ0v) is 19.1. The molecule has 2 atom stereocenters. The quantitative estimate of drug-likeness (QED) is 0.533. The number of hydrogen-bond acceptors (Lipinski definition) is 5. The van der Waals surface area contributed by atoms with Crippen molar-refractivity contribution in [3.05, 3.63) is 71.8 Å². The van der Waals surface area contributed by atoms with Gasteiger partial charge in [0, 0.05) is 24.7 Å². The Balaban J connectivity index is 1.59. The van der Waals surface area contributed by atoms with E-state index in [9.17, 15) is 14.4 Å². The van der Waals surface area contributed by atoms with Crippen molar-refractivity contribution in [1.29, 1.82) is 0 Å². The Hall–Kier alpha value is -3.23. The average molecular weight is 453 g/mol. The molecule has 33 heavy (non-hydrogen) atoms. The molecule has 0 aliphatic carbocycles. The molecule has 0 saturated carbocycles. The van der Waals surface area contributed by atoms with Crippen LogP contribution in [0.3, 0.4) is 0 Å². The molecule has 3 amide bonds. The molecule has 1 aliphatic rings. The highest BCUT2D eigenvalue weighted by molar-refractivity contribution is 5.94. The van der Waals surface area contributed by atoms with Crippen molar-refractivity contribution in [2.75, 3.05) is 19.7 Å². The zero-order valence-electron chi connectivity index (χ0n) is 19.1. The van der Waals surface area contributed by atoms with Gasteiger partial charge in [-0.25, -0.2) is 0 Å². The fourth-order valence-corrected chi connectivity index (χ4v) is 3.54. The molecule has 1 unspecified atom stereocenters. The Morgan fingerprint density at radius 2 is 1.73 bits per heavy atom. The molecule has 0 spiro atoms. The third kappa shape index (κ3) is 7.13. The summed E-state index contributed by atoms with van der Waals surface area (Å²) in [7, 11) is 0. The minimum absolute atomic E-state index is 0.0209. The van der Waals surface area contributed by atoms with Crippen LogP contribution in [-0.2, 0) is 20.9 Å². The fraction of sp³-hybridized carbons (Fsp3) is 0.400. The van der Waals surface area contributed by atoms with Gasteiger partial charge in [0.15, 0.2) is 0 Å². The van der Waals surface area contributed by atoms with Crippen molar-refractivity contribution in [2.24, 2.45) is 5.73 Å². The van der Waals surface area contributed by atoms with E-state index < -0.39 is 17.5 Å². The van der Waals surface area contributed by atoms with E-state index in [4.69, 9.17) is 10.5 Å². The molecule has 8 heteroatoms. The second-order valence-electron chi connectivity index (χ2n) is 8.86. The van der Waals surface area contributed by atoms with Crippen LogP contribution in [0.15, 0.2) is 60.7 Å². The summed E-state index contributed by atoms with van der Waals surface area (Å²) in [6.07, 6.45) is 0.637. The van der Waals surface area contributed by atoms with E-state index >= 15 is 0 Å². The van der Waals surface area contributed by atoms with Crippen LogP contribution in [0.4, 0.5) is 0 Å². The fourth-order valence-electron chi connectivity index (χ4n) is 3.54. The van der Waals surface area contributed by atoms with Crippen molar-refractivity contribution in [1.82, 2.24) is 15.5 Å². The SMILES string of the molecule is CC(C)(N)C(=O)N[C@H](COCc1ccccc1)C(=O)N1CCC(NC(=O)c2ccccc2)C1. The molecular weight excluding hydrogens is 420 g/mol. The first-order valence-corrected chi connectivity index (χ1v) is 11.1. The number of benzene rings is 2. The van der Waals surface area contributed by atoms with E-state index in [2.05, 4.69) is 10.6 Å². The number of rotatable bonds is 9. The van der Waals surface area contributed by atoms with Gasteiger partial charge in [-0.05, 0) is 38.0 Å². The summed E-state index contributed by atoms with van der Waals surface area (Å²) in [5.74, 6) is -0.856. The van der Waals surface area contributed by atoms with Crippen LogP contribution in [0.1, 0.15) is 36.2 Å². The van der Waals surface area contributed by atoms with Gasteiger partial charge in [0.1, 0.15) is 6.04 Å². The summed E-state index contributed by atoms with van der Waals surface area (Å²) in [4.78, 5) is 39.8. The van der Waals surface area contributed by atoms with Gasteiger partial charge < -0.3 is 26.0 Å². The van der Waals surface area contributed by atoms with Gasteiger partial charge >= 0.3 is 0 Å². The number of ether oxygens (including phenoxy) is 1. The molecule has 2 aromatic rings. The number of nitrogens with one attached hydrogen (secondary N) is 2. The first-order valence-electron chi connectivity index (χ1n) is 11.1. The van der Waals surface area contributed by atoms with Gasteiger partial charge in [-0.15, -0.1) is 0 Å². The third-order valence-corrected chi connectivity index (χ3v) is 5.46. The molecule has 176 valence electrons. The monoisotopic (exact) mass is 452 g/mol. The lowest BCUT2D eigenvalue weighted by Gasteiger charge is -2.27. The third-order valence-electron chi connectivity index (χ3n) is 5.46. The maximum atomic E-state index is 13.2. The van der Waals surface area contributed by atoms with Crippen molar-refractivity contribution in [3.8, 4) is 0 Å². The number of amides is 3. The lowest BCUT2D eigenvalue weighted by molar-refractivity contribution is -0.138. The smallest absolute Gasteiger partial charge is 0.251 e. The van der Waals surface area contributed by atoms with E-state index in [1.54, 1.807) is 43.0 Å². The molecule has 1 saturated heterocycles. The molecule has 0 radical (unpaired) electrons. The predicted octanol–water partition coefficient (Wildman–Crippen LogP) is 1.46. The Kier molecular flexibility index (Phi) is 8.19. The van der Waals surface area contributed by atoms with Gasteiger partial charge in [0.2, 0.25) is 11.8 Å². The topological polar surface area (TPSA) is 114 Å². The molecule has 0 bridgehead atoms. The maximum Gasteiger partial charge on any atom is 0.251 e. The van der Waals surface area contributed by atoms with Gasteiger partial charge in [0.05, 0.1) is 18.8 Å². The zero-order chi connectivity index (χ0) is 23.8. The molecule has 4 N–H and O–H groups in total. The highest BCUT2D eigenvalue weighted by atomic mass is 16.5. The number of nitrogens with two attached hydrogens (primary N) is 1. The van der Waals surface area contributed by atoms with E-state index in [1.165, 1.54) is 0 Å². The van der Waals surface area contributed by atoms with Crippen LogP contribution < -0.4 is 16.4 Å². The minimum atomic E-state index is -1.13. The highest BCUT2D eigenvalue weighted by Crippen LogP contribution is 2.13. The number of carbonyl (C=O) groups excluding carboxylic acids is 3. The number of nitrogens with zero attached hydrogens (tertiary/aromatic N) is 1. The van der Waals surface area contributed by atoms with E-state index in [1.807, 2.05) is 36.4 Å². The van der Waals surface area contributed by atoms with Crippen molar-refractivity contribution >= 4 is 17.7 Å². The van der Waals surface area contributed by atoms with Crippen LogP contribution >= 0.6 is 0 Å². The van der Waals surface area contributed by atoms with Crippen LogP contribution in [0, 0.1) is 0 Å². The van der Waals surface area contributed by atoms with Crippen LogP contribution in [0.25, 0.3) is 0 Å². The van der Waals surface area contributed by atoms with Crippen LogP contribution in [-0.4, -0.2) is 59.9 Å². The second-order valence-corrected chi connectivity index (χ2v) is 8.86. The first kappa shape index (κ1) is 24.4. The Morgan fingerprint density at radius 3 is 2.36 bits per heavy atom. The van der Waals surface area contributed by atoms with Crippen LogP contribution in [0.2, 0.25) is 0 Å². The predicted molar refractivity (Wildman–Crippen MR) is 125 cm³/mol.